The normalized spacial score (nSPS) is 13.0. The fraction of sp³-hybridized carbons (Fsp3) is 0.400. The van der Waals surface area contributed by atoms with Gasteiger partial charge in [-0.2, -0.15) is 0 Å². The first-order valence-electron chi connectivity index (χ1n) is 4.81. The Labute approximate surface area is 111 Å². The number of alkyl halides is 5. The van der Waals surface area contributed by atoms with Crippen LogP contribution in [0, 0.1) is 0 Å². The number of phenols is 1. The lowest BCUT2D eigenvalue weighted by Gasteiger charge is -2.15. The fourth-order valence-electron chi connectivity index (χ4n) is 1.35. The number of halogens is 6. The highest BCUT2D eigenvalue weighted by atomic mass is 35.5. The minimum Gasteiger partial charge on any atom is -0.508 e. The number of phenolic OH excluding ortho intramolecular Hbond substituents is 1. The second-order valence-electron chi connectivity index (χ2n) is 3.50. The van der Waals surface area contributed by atoms with Gasteiger partial charge in [0.1, 0.15) is 11.5 Å². The van der Waals surface area contributed by atoms with Gasteiger partial charge in [-0.1, -0.05) is 0 Å². The average molecular weight is 308 g/mol. The van der Waals surface area contributed by atoms with Gasteiger partial charge in [-0.15, -0.1) is 25.6 Å². The molecule has 0 unspecified atom stereocenters. The van der Waals surface area contributed by atoms with Gasteiger partial charge in [-0.25, -0.2) is 8.78 Å². The molecule has 0 aliphatic rings. The number of hydrogen-bond donors (Lipinski definition) is 2. The van der Waals surface area contributed by atoms with Crippen LogP contribution in [0.3, 0.4) is 0 Å². The molecule has 0 bridgehead atoms. The zero-order valence-electron chi connectivity index (χ0n) is 9.32. The number of aromatic hydroxyl groups is 1. The molecule has 110 valence electrons. The fourth-order valence-corrected chi connectivity index (χ4v) is 1.35. The molecule has 9 heteroatoms. The van der Waals surface area contributed by atoms with Crippen LogP contribution >= 0.6 is 12.4 Å². The van der Waals surface area contributed by atoms with Crippen molar-refractivity contribution in [2.24, 2.45) is 5.73 Å². The van der Waals surface area contributed by atoms with Crippen LogP contribution in [-0.2, 0) is 0 Å². The molecular weight excluding hydrogens is 297 g/mol. The molecular formula is C10H11ClF5NO2. The van der Waals surface area contributed by atoms with Crippen molar-refractivity contribution >= 4 is 12.4 Å². The first-order chi connectivity index (χ1) is 8.19. The Morgan fingerprint density at radius 1 is 1.26 bits per heavy atom. The van der Waals surface area contributed by atoms with E-state index in [4.69, 9.17) is 5.73 Å². The lowest BCUT2D eigenvalue weighted by atomic mass is 10.0. The van der Waals surface area contributed by atoms with Crippen LogP contribution in [0.15, 0.2) is 18.2 Å². The standard InChI is InChI=1S/C10H10F5NO2.ClH/c11-9(12)4-7(16)6-3-5(1-2-8(6)17)18-10(13,14)15;/h1-3,7,9,17H,4,16H2;1H/t7-;/m1./s1. The lowest BCUT2D eigenvalue weighted by Crippen LogP contribution is -2.18. The maximum Gasteiger partial charge on any atom is 0.573 e. The summed E-state index contributed by atoms with van der Waals surface area (Å²) in [5.41, 5.74) is 5.13. The van der Waals surface area contributed by atoms with Crippen LogP contribution in [0.25, 0.3) is 0 Å². The summed E-state index contributed by atoms with van der Waals surface area (Å²) in [7, 11) is 0. The zero-order valence-corrected chi connectivity index (χ0v) is 10.1. The molecule has 19 heavy (non-hydrogen) atoms. The third kappa shape index (κ3) is 5.93. The van der Waals surface area contributed by atoms with Gasteiger partial charge in [0.2, 0.25) is 6.43 Å². The van der Waals surface area contributed by atoms with Gasteiger partial charge >= 0.3 is 6.36 Å². The molecule has 0 heterocycles. The molecule has 0 saturated carbocycles. The summed E-state index contributed by atoms with van der Waals surface area (Å²) < 4.78 is 63.6. The minimum atomic E-state index is -4.90. The number of ether oxygens (including phenoxy) is 1. The summed E-state index contributed by atoms with van der Waals surface area (Å²) >= 11 is 0. The number of hydrogen-bond acceptors (Lipinski definition) is 3. The number of nitrogens with two attached hydrogens (primary N) is 1. The summed E-state index contributed by atoms with van der Waals surface area (Å²) in [5.74, 6) is -1.09. The minimum absolute atomic E-state index is 0. The molecule has 0 spiro atoms. The molecule has 0 aliphatic carbocycles. The summed E-state index contributed by atoms with van der Waals surface area (Å²) in [4.78, 5) is 0. The molecule has 0 aliphatic heterocycles. The first-order valence-corrected chi connectivity index (χ1v) is 4.81. The van der Waals surface area contributed by atoms with Gasteiger partial charge in [0.05, 0.1) is 0 Å². The summed E-state index contributed by atoms with van der Waals surface area (Å²) in [5, 5.41) is 9.35. The van der Waals surface area contributed by atoms with Crippen LogP contribution in [0.2, 0.25) is 0 Å². The highest BCUT2D eigenvalue weighted by molar-refractivity contribution is 5.85. The largest absolute Gasteiger partial charge is 0.573 e. The van der Waals surface area contributed by atoms with E-state index in [1.807, 2.05) is 0 Å². The summed E-state index contributed by atoms with van der Waals surface area (Å²) in [6.07, 6.45) is -8.41. The van der Waals surface area contributed by atoms with E-state index in [1.54, 1.807) is 0 Å². The Morgan fingerprint density at radius 3 is 2.32 bits per heavy atom. The van der Waals surface area contributed by atoms with Gasteiger partial charge in [0, 0.05) is 18.0 Å². The molecule has 3 nitrogen and oxygen atoms in total. The highest BCUT2D eigenvalue weighted by Crippen LogP contribution is 2.32. The van der Waals surface area contributed by atoms with E-state index in [0.29, 0.717) is 0 Å². The van der Waals surface area contributed by atoms with E-state index in [9.17, 15) is 27.1 Å². The Balaban J connectivity index is 0.00000324. The van der Waals surface area contributed by atoms with Crippen molar-refractivity contribution in [3.8, 4) is 11.5 Å². The Hall–Kier alpha value is -1.28. The van der Waals surface area contributed by atoms with Gasteiger partial charge in [0.25, 0.3) is 0 Å². The topological polar surface area (TPSA) is 55.5 Å². The second-order valence-corrected chi connectivity index (χ2v) is 3.50. The van der Waals surface area contributed by atoms with Crippen LogP contribution < -0.4 is 10.5 Å². The van der Waals surface area contributed by atoms with E-state index < -0.39 is 36.7 Å². The second kappa shape index (κ2) is 6.76. The van der Waals surface area contributed by atoms with E-state index in [-0.39, 0.29) is 18.0 Å². The van der Waals surface area contributed by atoms with Gasteiger partial charge in [-0.05, 0) is 18.2 Å². The highest BCUT2D eigenvalue weighted by Gasteiger charge is 2.31. The van der Waals surface area contributed by atoms with Crippen molar-refractivity contribution in [1.29, 1.82) is 0 Å². The summed E-state index contributed by atoms with van der Waals surface area (Å²) in [6.45, 7) is 0. The van der Waals surface area contributed by atoms with Gasteiger partial charge in [-0.3, -0.25) is 0 Å². The molecule has 0 amide bonds. The Kier molecular flexibility index (Phi) is 6.31. The van der Waals surface area contributed by atoms with Crippen molar-refractivity contribution in [2.45, 2.75) is 25.3 Å². The lowest BCUT2D eigenvalue weighted by molar-refractivity contribution is -0.274. The van der Waals surface area contributed by atoms with Crippen molar-refractivity contribution < 1.29 is 31.8 Å². The van der Waals surface area contributed by atoms with Crippen LogP contribution in [0.5, 0.6) is 11.5 Å². The molecule has 3 N–H and O–H groups in total. The molecule has 0 saturated heterocycles. The maximum absolute atomic E-state index is 12.1. The van der Waals surface area contributed by atoms with Crippen molar-refractivity contribution in [3.05, 3.63) is 23.8 Å². The van der Waals surface area contributed by atoms with Gasteiger partial charge < -0.3 is 15.6 Å². The van der Waals surface area contributed by atoms with E-state index >= 15 is 0 Å². The van der Waals surface area contributed by atoms with Crippen molar-refractivity contribution in [3.63, 3.8) is 0 Å². The predicted octanol–water partition coefficient (Wildman–Crippen LogP) is 3.37. The predicted molar refractivity (Wildman–Crippen MR) is 59.6 cm³/mol. The van der Waals surface area contributed by atoms with E-state index in [0.717, 1.165) is 18.2 Å². The maximum atomic E-state index is 12.1. The van der Waals surface area contributed by atoms with Gasteiger partial charge in [0.15, 0.2) is 0 Å². The van der Waals surface area contributed by atoms with Crippen LogP contribution in [0.1, 0.15) is 18.0 Å². The first kappa shape index (κ1) is 17.7. The summed E-state index contributed by atoms with van der Waals surface area (Å²) in [6, 6.07) is 1.28. The molecule has 1 aromatic rings. The zero-order chi connectivity index (χ0) is 13.9. The molecule has 1 aromatic carbocycles. The Morgan fingerprint density at radius 2 is 1.84 bits per heavy atom. The molecule has 0 fully saturated rings. The van der Waals surface area contributed by atoms with Crippen LogP contribution in [-0.4, -0.2) is 17.9 Å². The molecule has 0 radical (unpaired) electrons. The van der Waals surface area contributed by atoms with Crippen molar-refractivity contribution in [1.82, 2.24) is 0 Å². The quantitative estimate of drug-likeness (QED) is 0.839. The molecule has 0 aromatic heterocycles. The smallest absolute Gasteiger partial charge is 0.508 e. The third-order valence-corrected chi connectivity index (χ3v) is 2.06. The van der Waals surface area contributed by atoms with Crippen molar-refractivity contribution in [2.75, 3.05) is 0 Å². The third-order valence-electron chi connectivity index (χ3n) is 2.06. The van der Waals surface area contributed by atoms with E-state index in [1.165, 1.54) is 0 Å². The average Bonchev–Trinajstić information content (AvgIpc) is 2.17. The Bertz CT molecular complexity index is 413. The monoisotopic (exact) mass is 307 g/mol. The van der Waals surface area contributed by atoms with E-state index in [2.05, 4.69) is 4.74 Å². The number of benzene rings is 1. The molecule has 1 atom stereocenters. The SMILES string of the molecule is Cl.N[C@H](CC(F)F)c1cc(OC(F)(F)F)ccc1O. The number of rotatable bonds is 4. The molecule has 1 rings (SSSR count). The van der Waals surface area contributed by atoms with Crippen LogP contribution in [0.4, 0.5) is 22.0 Å².